The Kier molecular flexibility index (Phi) is 11.3. The van der Waals surface area contributed by atoms with Gasteiger partial charge in [-0.05, 0) is 76.6 Å². The lowest BCUT2D eigenvalue weighted by atomic mass is 9.83. The molecule has 8 rings (SSSR count). The lowest BCUT2D eigenvalue weighted by Crippen LogP contribution is -2.54. The van der Waals surface area contributed by atoms with Gasteiger partial charge in [0.2, 0.25) is 11.8 Å². The highest BCUT2D eigenvalue weighted by Crippen LogP contribution is 2.62. The van der Waals surface area contributed by atoms with Gasteiger partial charge in [0.1, 0.15) is 35.2 Å². The van der Waals surface area contributed by atoms with E-state index in [9.17, 15) is 19.2 Å². The summed E-state index contributed by atoms with van der Waals surface area (Å²) < 4.78 is 27.0. The van der Waals surface area contributed by atoms with Crippen LogP contribution in [0, 0.1) is 0 Å². The SMILES string of the molecule is COC(=O)N[C@H](C(=O)N1CCC[C@H]1c1ncc(-c2ccc3c(c2)Oc2ccc(-c4cnc([C@@H]5CCCN5C(=O)[C@@H](NC(=O)OC)[C@H](C)OC)[nH]4)cc2C32CC2)[nH]1)[C@H](C)OC. The number of rotatable bonds is 12. The zero-order valence-electron chi connectivity index (χ0n) is 34.7. The van der Waals surface area contributed by atoms with E-state index in [2.05, 4.69) is 38.8 Å². The van der Waals surface area contributed by atoms with Crippen molar-refractivity contribution >= 4 is 24.0 Å². The number of amides is 4. The van der Waals surface area contributed by atoms with Gasteiger partial charge in [-0.1, -0.05) is 12.1 Å². The Labute approximate surface area is 347 Å². The molecule has 6 atom stereocenters. The predicted octanol–water partition coefficient (Wildman–Crippen LogP) is 5.50. The molecule has 2 saturated heterocycles. The Morgan fingerprint density at radius 2 is 1.22 bits per heavy atom. The van der Waals surface area contributed by atoms with E-state index < -0.39 is 36.5 Å². The number of hydrogen-bond acceptors (Lipinski definition) is 11. The first kappa shape index (κ1) is 40.8. The van der Waals surface area contributed by atoms with Crippen molar-refractivity contribution in [1.82, 2.24) is 40.4 Å². The number of aromatic nitrogens is 4. The van der Waals surface area contributed by atoms with Gasteiger partial charge in [0.15, 0.2) is 0 Å². The van der Waals surface area contributed by atoms with Gasteiger partial charge in [-0.15, -0.1) is 0 Å². The summed E-state index contributed by atoms with van der Waals surface area (Å²) in [6, 6.07) is 10.1. The molecule has 318 valence electrons. The zero-order chi connectivity index (χ0) is 42.3. The van der Waals surface area contributed by atoms with E-state index >= 15 is 0 Å². The molecule has 17 nitrogen and oxygen atoms in total. The van der Waals surface area contributed by atoms with Crippen LogP contribution in [0.5, 0.6) is 11.5 Å². The topological polar surface area (TPSA) is 202 Å². The first-order chi connectivity index (χ1) is 29.0. The lowest BCUT2D eigenvalue weighted by molar-refractivity contribution is -0.138. The fraction of sp³-hybridized carbons (Fsp3) is 0.488. The average Bonchev–Trinajstić information content (AvgIpc) is 3.84. The monoisotopic (exact) mass is 824 g/mol. The average molecular weight is 825 g/mol. The van der Waals surface area contributed by atoms with Gasteiger partial charge in [-0.25, -0.2) is 19.6 Å². The second-order valence-corrected chi connectivity index (χ2v) is 16.0. The summed E-state index contributed by atoms with van der Waals surface area (Å²) in [5.41, 5.74) is 5.59. The van der Waals surface area contributed by atoms with Crippen LogP contribution in [0.15, 0.2) is 48.8 Å². The van der Waals surface area contributed by atoms with Gasteiger partial charge in [0, 0.05) is 55.0 Å². The molecule has 3 aliphatic heterocycles. The summed E-state index contributed by atoms with van der Waals surface area (Å²) in [6.45, 7) is 4.53. The molecule has 2 aromatic carbocycles. The number of H-pyrrole nitrogens is 2. The maximum absolute atomic E-state index is 13.8. The van der Waals surface area contributed by atoms with E-state index in [1.807, 2.05) is 18.2 Å². The molecule has 1 spiro atoms. The van der Waals surface area contributed by atoms with Gasteiger partial charge in [-0.2, -0.15) is 0 Å². The number of aromatic amines is 2. The van der Waals surface area contributed by atoms with Crippen LogP contribution >= 0.6 is 0 Å². The number of hydrogen-bond donors (Lipinski definition) is 4. The van der Waals surface area contributed by atoms with Crippen LogP contribution in [-0.4, -0.2) is 120 Å². The smallest absolute Gasteiger partial charge is 0.407 e. The third-order valence-electron chi connectivity index (χ3n) is 12.6. The van der Waals surface area contributed by atoms with Gasteiger partial charge in [0.25, 0.3) is 0 Å². The van der Waals surface area contributed by atoms with Crippen molar-refractivity contribution in [2.24, 2.45) is 0 Å². The number of fused-ring (bicyclic) bond motifs is 4. The van der Waals surface area contributed by atoms with Crippen LogP contribution in [0.2, 0.25) is 0 Å². The van der Waals surface area contributed by atoms with Crippen LogP contribution in [-0.2, 0) is 34.0 Å². The van der Waals surface area contributed by atoms with Crippen molar-refractivity contribution in [3.05, 3.63) is 71.6 Å². The molecule has 4 aromatic rings. The van der Waals surface area contributed by atoms with E-state index in [-0.39, 0.29) is 29.3 Å². The fourth-order valence-corrected chi connectivity index (χ4v) is 8.95. The molecule has 4 aliphatic rings. The number of benzene rings is 2. The summed E-state index contributed by atoms with van der Waals surface area (Å²) in [4.78, 5) is 71.6. The molecule has 0 radical (unpaired) electrons. The van der Waals surface area contributed by atoms with E-state index in [0.717, 1.165) is 83.7 Å². The summed E-state index contributed by atoms with van der Waals surface area (Å²) in [7, 11) is 5.51. The summed E-state index contributed by atoms with van der Waals surface area (Å²) >= 11 is 0. The second-order valence-electron chi connectivity index (χ2n) is 16.0. The van der Waals surface area contributed by atoms with Crippen molar-refractivity contribution in [3.8, 4) is 34.0 Å². The van der Waals surface area contributed by atoms with E-state index in [4.69, 9.17) is 33.7 Å². The molecular weight excluding hydrogens is 773 g/mol. The van der Waals surface area contributed by atoms with Crippen LogP contribution < -0.4 is 15.4 Å². The molecule has 4 amide bonds. The number of ether oxygens (including phenoxy) is 5. The standard InChI is InChI=1S/C43H52N8O9/c1-23(56-3)35(48-41(54)58-5)39(52)50-17-7-9-31(50)37-44-21-29(46-37)25-12-14-33-28(19-25)43(15-16-43)27-13-11-26(20-34(27)60-33)30-22-45-38(47-30)32-10-8-18-51(32)40(53)36(24(2)57-4)49-42(55)59-6/h11-14,19-24,31-32,35-36H,7-10,15-18H2,1-6H3,(H,44,46)(H,45,47)(H,48,54)(H,49,55)/t23-,24-,31-,32-,35-,36-/m0/s1. The second kappa shape index (κ2) is 16.6. The summed E-state index contributed by atoms with van der Waals surface area (Å²) in [6.07, 6.45) is 6.08. The number of nitrogens with zero attached hydrogens (tertiary/aromatic N) is 4. The fourth-order valence-electron chi connectivity index (χ4n) is 8.95. The Hall–Kier alpha value is -5.94. The minimum atomic E-state index is -0.913. The number of imidazole rings is 2. The largest absolute Gasteiger partial charge is 0.457 e. The lowest BCUT2D eigenvalue weighted by Gasteiger charge is -2.30. The zero-order valence-corrected chi connectivity index (χ0v) is 34.7. The highest BCUT2D eigenvalue weighted by Gasteiger charge is 2.52. The van der Waals surface area contributed by atoms with Gasteiger partial charge in [-0.3, -0.25) is 9.59 Å². The molecular formula is C43H52N8O9. The van der Waals surface area contributed by atoms with Crippen molar-refractivity contribution in [2.45, 2.75) is 94.2 Å². The minimum absolute atomic E-state index is 0.174. The van der Waals surface area contributed by atoms with Crippen molar-refractivity contribution in [2.75, 3.05) is 41.5 Å². The van der Waals surface area contributed by atoms with E-state index in [1.54, 1.807) is 36.0 Å². The van der Waals surface area contributed by atoms with Crippen LogP contribution in [0.25, 0.3) is 22.5 Å². The molecule has 60 heavy (non-hydrogen) atoms. The van der Waals surface area contributed by atoms with Crippen molar-refractivity contribution in [1.29, 1.82) is 0 Å². The van der Waals surface area contributed by atoms with Gasteiger partial charge < -0.3 is 54.1 Å². The number of likely N-dealkylation sites (tertiary alicyclic amines) is 2. The highest BCUT2D eigenvalue weighted by atomic mass is 16.5. The Morgan fingerprint density at radius 1 is 0.717 bits per heavy atom. The van der Waals surface area contributed by atoms with Crippen molar-refractivity contribution < 1.29 is 42.9 Å². The molecule has 0 unspecified atom stereocenters. The minimum Gasteiger partial charge on any atom is -0.457 e. The molecule has 1 saturated carbocycles. The van der Waals surface area contributed by atoms with Gasteiger partial charge in [0.05, 0.1) is 62.3 Å². The number of carbonyl (C=O) groups excluding carboxylic acids is 4. The number of alkyl carbamates (subject to hydrolysis) is 2. The maximum Gasteiger partial charge on any atom is 0.407 e. The Morgan fingerprint density at radius 3 is 1.70 bits per heavy atom. The molecule has 0 bridgehead atoms. The van der Waals surface area contributed by atoms with Crippen LogP contribution in [0.4, 0.5) is 9.59 Å². The number of carbonyl (C=O) groups is 4. The molecule has 3 fully saturated rings. The quantitative estimate of drug-likeness (QED) is 0.141. The molecule has 1 aliphatic carbocycles. The highest BCUT2D eigenvalue weighted by molar-refractivity contribution is 5.87. The summed E-state index contributed by atoms with van der Waals surface area (Å²) in [5, 5.41) is 5.27. The van der Waals surface area contributed by atoms with Crippen LogP contribution in [0.1, 0.15) is 87.2 Å². The first-order valence-electron chi connectivity index (χ1n) is 20.4. The van der Waals surface area contributed by atoms with E-state index in [1.165, 1.54) is 28.4 Å². The Bertz CT molecular complexity index is 2270. The van der Waals surface area contributed by atoms with Gasteiger partial charge >= 0.3 is 12.2 Å². The molecule has 2 aromatic heterocycles. The number of methoxy groups -OCH3 is 4. The number of nitrogens with one attached hydrogen (secondary N) is 4. The molecule has 4 N–H and O–H groups in total. The Balaban J connectivity index is 0.990. The van der Waals surface area contributed by atoms with Crippen molar-refractivity contribution in [3.63, 3.8) is 0 Å². The maximum atomic E-state index is 13.8. The third kappa shape index (κ3) is 7.44. The first-order valence-corrected chi connectivity index (χ1v) is 20.4. The summed E-state index contributed by atoms with van der Waals surface area (Å²) in [5.74, 6) is 2.43. The normalized spacial score (nSPS) is 20.6. The predicted molar refractivity (Wildman–Crippen MR) is 217 cm³/mol. The van der Waals surface area contributed by atoms with Crippen LogP contribution in [0.3, 0.4) is 0 Å². The van der Waals surface area contributed by atoms with E-state index in [0.29, 0.717) is 24.7 Å². The third-order valence-corrected chi connectivity index (χ3v) is 12.6. The molecule has 17 heteroatoms. The molecule has 5 heterocycles.